The van der Waals surface area contributed by atoms with Crippen LogP contribution in [0.4, 0.5) is 0 Å². The lowest BCUT2D eigenvalue weighted by molar-refractivity contribution is -0.122. The van der Waals surface area contributed by atoms with Crippen LogP contribution in [0.15, 0.2) is 33.9 Å². The second-order valence-electron chi connectivity index (χ2n) is 8.41. The van der Waals surface area contributed by atoms with Gasteiger partial charge in [0.25, 0.3) is 5.56 Å². The zero-order valence-corrected chi connectivity index (χ0v) is 19.4. The van der Waals surface area contributed by atoms with Gasteiger partial charge in [-0.05, 0) is 68.9 Å². The lowest BCUT2D eigenvalue weighted by Gasteiger charge is -2.14. The van der Waals surface area contributed by atoms with E-state index in [9.17, 15) is 14.4 Å². The van der Waals surface area contributed by atoms with Crippen LogP contribution in [0.2, 0.25) is 0 Å². The molecule has 1 atom stereocenters. The number of benzene rings is 1. The molecule has 0 bridgehead atoms. The van der Waals surface area contributed by atoms with E-state index in [0.717, 1.165) is 42.5 Å². The topological polar surface area (TPSA) is 91.6 Å². The Hall–Kier alpha value is -2.91. The zero-order chi connectivity index (χ0) is 22.9. The van der Waals surface area contributed by atoms with Crippen LogP contribution in [-0.4, -0.2) is 40.9 Å². The average Bonchev–Trinajstić information content (AvgIpc) is 3.54. The predicted octanol–water partition coefficient (Wildman–Crippen LogP) is 2.40. The number of carbonyl (C=O) groups is 1. The Kier molecular flexibility index (Phi) is 6.07. The lowest BCUT2D eigenvalue weighted by atomic mass is 10.2. The monoisotopic (exact) mass is 469 g/mol. The summed E-state index contributed by atoms with van der Waals surface area (Å²) in [5.41, 5.74) is 0.647. The van der Waals surface area contributed by atoms with Crippen LogP contribution in [0.1, 0.15) is 36.6 Å². The molecule has 8 nitrogen and oxygen atoms in total. The van der Waals surface area contributed by atoms with Crippen molar-refractivity contribution < 1.29 is 14.3 Å². The van der Waals surface area contributed by atoms with Gasteiger partial charge in [0.05, 0.1) is 23.8 Å². The summed E-state index contributed by atoms with van der Waals surface area (Å²) >= 11 is 1.46. The maximum Gasteiger partial charge on any atom is 0.337 e. The van der Waals surface area contributed by atoms with Crippen molar-refractivity contribution in [3.8, 4) is 11.4 Å². The van der Waals surface area contributed by atoms with Gasteiger partial charge in [0, 0.05) is 18.0 Å². The summed E-state index contributed by atoms with van der Waals surface area (Å²) in [6.45, 7) is 3.43. The minimum atomic E-state index is -0.510. The Morgan fingerprint density at radius 3 is 2.76 bits per heavy atom. The van der Waals surface area contributed by atoms with Crippen LogP contribution >= 0.6 is 11.3 Å². The molecule has 2 aliphatic rings. The van der Waals surface area contributed by atoms with Crippen molar-refractivity contribution in [1.82, 2.24) is 14.5 Å². The van der Waals surface area contributed by atoms with E-state index in [2.05, 4.69) is 5.32 Å². The fourth-order valence-electron chi connectivity index (χ4n) is 4.66. The smallest absolute Gasteiger partial charge is 0.337 e. The summed E-state index contributed by atoms with van der Waals surface area (Å²) in [6, 6.07) is 6.89. The van der Waals surface area contributed by atoms with Gasteiger partial charge >= 0.3 is 5.69 Å². The Bertz CT molecular complexity index is 1300. The molecule has 0 saturated carbocycles. The molecule has 1 aliphatic carbocycles. The number of nitrogens with zero attached hydrogens (tertiary/aromatic N) is 2. The molecular weight excluding hydrogens is 442 g/mol. The number of rotatable bonds is 7. The van der Waals surface area contributed by atoms with Gasteiger partial charge in [0.15, 0.2) is 0 Å². The van der Waals surface area contributed by atoms with Gasteiger partial charge in [-0.3, -0.25) is 14.2 Å². The van der Waals surface area contributed by atoms with Gasteiger partial charge in [0.2, 0.25) is 5.91 Å². The molecule has 2 aromatic heterocycles. The first kappa shape index (κ1) is 21.9. The normalized spacial score (nSPS) is 17.4. The van der Waals surface area contributed by atoms with Gasteiger partial charge in [-0.15, -0.1) is 11.3 Å². The summed E-state index contributed by atoms with van der Waals surface area (Å²) in [5, 5.41) is 3.45. The number of nitrogens with one attached hydrogen (secondary N) is 1. The van der Waals surface area contributed by atoms with E-state index in [-0.39, 0.29) is 24.1 Å². The number of ether oxygens (including phenoxy) is 2. The molecule has 1 aromatic carbocycles. The van der Waals surface area contributed by atoms with Crippen molar-refractivity contribution in [2.45, 2.75) is 51.7 Å². The third kappa shape index (κ3) is 4.11. The number of hydrogen-bond acceptors (Lipinski definition) is 6. The van der Waals surface area contributed by atoms with Crippen molar-refractivity contribution in [3.63, 3.8) is 0 Å². The van der Waals surface area contributed by atoms with Crippen molar-refractivity contribution in [2.75, 3.05) is 19.8 Å². The van der Waals surface area contributed by atoms with E-state index in [0.29, 0.717) is 41.4 Å². The zero-order valence-electron chi connectivity index (χ0n) is 18.6. The molecule has 1 amide bonds. The predicted molar refractivity (Wildman–Crippen MR) is 127 cm³/mol. The summed E-state index contributed by atoms with van der Waals surface area (Å²) in [7, 11) is 0. The summed E-state index contributed by atoms with van der Waals surface area (Å²) in [5.74, 6) is 0.403. The summed E-state index contributed by atoms with van der Waals surface area (Å²) < 4.78 is 13.7. The number of carbonyl (C=O) groups excluding carboxylic acids is 1. The van der Waals surface area contributed by atoms with Crippen molar-refractivity contribution >= 4 is 27.5 Å². The van der Waals surface area contributed by atoms with Crippen LogP contribution in [0.25, 0.3) is 15.9 Å². The first-order chi connectivity index (χ1) is 16.1. The molecule has 174 valence electrons. The van der Waals surface area contributed by atoms with Gasteiger partial charge in [0.1, 0.15) is 17.1 Å². The molecular formula is C24H27N3O5S. The second-order valence-corrected chi connectivity index (χ2v) is 9.50. The molecule has 0 radical (unpaired) electrons. The van der Waals surface area contributed by atoms with Crippen molar-refractivity contribution in [3.05, 3.63) is 55.5 Å². The molecule has 9 heteroatoms. The van der Waals surface area contributed by atoms with Crippen LogP contribution < -0.4 is 21.3 Å². The van der Waals surface area contributed by atoms with Crippen LogP contribution in [0.5, 0.6) is 5.75 Å². The third-order valence-electron chi connectivity index (χ3n) is 6.25. The fourth-order valence-corrected chi connectivity index (χ4v) is 6.04. The van der Waals surface area contributed by atoms with Crippen LogP contribution in [0.3, 0.4) is 0 Å². The Morgan fingerprint density at radius 1 is 1.21 bits per heavy atom. The molecule has 33 heavy (non-hydrogen) atoms. The molecule has 3 heterocycles. The molecule has 1 aliphatic heterocycles. The van der Waals surface area contributed by atoms with Gasteiger partial charge < -0.3 is 14.8 Å². The first-order valence-corrected chi connectivity index (χ1v) is 12.3. The highest BCUT2D eigenvalue weighted by atomic mass is 32.1. The first-order valence-electron chi connectivity index (χ1n) is 11.5. The molecule has 5 rings (SSSR count). The molecule has 0 unspecified atom stereocenters. The third-order valence-corrected chi connectivity index (χ3v) is 7.56. The lowest BCUT2D eigenvalue weighted by Crippen LogP contribution is -2.42. The highest BCUT2D eigenvalue weighted by Crippen LogP contribution is 2.35. The van der Waals surface area contributed by atoms with E-state index in [1.165, 1.54) is 20.5 Å². The van der Waals surface area contributed by atoms with Gasteiger partial charge in [-0.2, -0.15) is 0 Å². The number of aromatic nitrogens is 2. The average molecular weight is 470 g/mol. The minimum absolute atomic E-state index is 0.0223. The second kappa shape index (κ2) is 9.15. The summed E-state index contributed by atoms with van der Waals surface area (Å²) in [4.78, 5) is 41.6. The molecule has 3 aromatic rings. The molecule has 1 N–H and O–H groups in total. The highest BCUT2D eigenvalue weighted by molar-refractivity contribution is 7.19. The number of thiophene rings is 1. The minimum Gasteiger partial charge on any atom is -0.494 e. The summed E-state index contributed by atoms with van der Waals surface area (Å²) in [6.07, 6.45) is 4.65. The van der Waals surface area contributed by atoms with E-state index < -0.39 is 5.69 Å². The SMILES string of the molecule is CCOc1ccc(-n2c(=O)c3c4c(sc3n(CC(=O)NC[C@H]3CCCO3)c2=O)CCC4)cc1. The largest absolute Gasteiger partial charge is 0.494 e. The van der Waals surface area contributed by atoms with Crippen molar-refractivity contribution in [2.24, 2.45) is 0 Å². The van der Waals surface area contributed by atoms with Gasteiger partial charge in [-0.25, -0.2) is 9.36 Å². The van der Waals surface area contributed by atoms with Crippen LogP contribution in [0, 0.1) is 0 Å². The van der Waals surface area contributed by atoms with E-state index in [1.54, 1.807) is 24.3 Å². The number of hydrogen-bond donors (Lipinski definition) is 1. The quantitative estimate of drug-likeness (QED) is 0.574. The highest BCUT2D eigenvalue weighted by Gasteiger charge is 2.26. The Balaban J connectivity index is 1.56. The molecule has 0 spiro atoms. The number of aryl methyl sites for hydroxylation is 2. The van der Waals surface area contributed by atoms with Crippen molar-refractivity contribution in [1.29, 1.82) is 0 Å². The maximum absolute atomic E-state index is 13.5. The van der Waals surface area contributed by atoms with Crippen LogP contribution in [-0.2, 0) is 28.9 Å². The molecule has 1 fully saturated rings. The van der Waals surface area contributed by atoms with E-state index in [1.807, 2.05) is 6.92 Å². The van der Waals surface area contributed by atoms with Gasteiger partial charge in [-0.1, -0.05) is 0 Å². The number of fused-ring (bicyclic) bond motifs is 3. The maximum atomic E-state index is 13.5. The van der Waals surface area contributed by atoms with E-state index >= 15 is 0 Å². The fraction of sp³-hybridized carbons (Fsp3) is 0.458. The Labute approximate surface area is 194 Å². The standard InChI is InChI=1S/C24H27N3O5S/c1-2-31-16-10-8-15(9-11-16)27-22(29)21-18-6-3-7-19(18)33-23(21)26(24(27)30)14-20(28)25-13-17-5-4-12-32-17/h8-11,17H,2-7,12-14H2,1H3,(H,25,28)/t17-/m1/s1. The van der Waals surface area contributed by atoms with E-state index in [4.69, 9.17) is 9.47 Å². The number of amides is 1. The molecule has 1 saturated heterocycles. The Morgan fingerprint density at radius 2 is 2.03 bits per heavy atom.